The largest absolute Gasteiger partial charge is 0.325 e. The predicted molar refractivity (Wildman–Crippen MR) is 114 cm³/mol. The number of rotatable bonds is 6. The molecule has 0 radical (unpaired) electrons. The first-order valence-corrected chi connectivity index (χ1v) is 10.4. The van der Waals surface area contributed by atoms with Crippen LogP contribution in [0.3, 0.4) is 0 Å². The summed E-state index contributed by atoms with van der Waals surface area (Å²) < 4.78 is 0.808. The molecular formula is C20H20BrN3O2S. The van der Waals surface area contributed by atoms with Crippen molar-refractivity contribution in [2.45, 2.75) is 25.0 Å². The molecule has 1 saturated heterocycles. The Morgan fingerprint density at radius 2 is 1.89 bits per heavy atom. The van der Waals surface area contributed by atoms with Gasteiger partial charge in [0.05, 0.1) is 11.4 Å². The third kappa shape index (κ3) is 4.99. The van der Waals surface area contributed by atoms with Crippen molar-refractivity contribution in [2.24, 2.45) is 4.99 Å². The van der Waals surface area contributed by atoms with Crippen molar-refractivity contribution in [1.82, 2.24) is 4.90 Å². The van der Waals surface area contributed by atoms with Crippen molar-refractivity contribution in [3.8, 4) is 0 Å². The van der Waals surface area contributed by atoms with Crippen molar-refractivity contribution >= 4 is 56.0 Å². The molecule has 140 valence electrons. The van der Waals surface area contributed by atoms with E-state index in [0.717, 1.165) is 16.6 Å². The maximum atomic E-state index is 12.8. The van der Waals surface area contributed by atoms with E-state index in [2.05, 4.69) is 26.2 Å². The molecule has 1 heterocycles. The number of anilines is 1. The molecule has 0 aromatic heterocycles. The topological polar surface area (TPSA) is 61.8 Å². The molecule has 27 heavy (non-hydrogen) atoms. The molecule has 0 saturated carbocycles. The molecule has 1 N–H and O–H groups in total. The van der Waals surface area contributed by atoms with Gasteiger partial charge in [-0.15, -0.1) is 0 Å². The van der Waals surface area contributed by atoms with Gasteiger partial charge < -0.3 is 5.32 Å². The highest BCUT2D eigenvalue weighted by molar-refractivity contribution is 9.10. The van der Waals surface area contributed by atoms with Crippen LogP contribution < -0.4 is 5.32 Å². The van der Waals surface area contributed by atoms with Gasteiger partial charge >= 0.3 is 0 Å². The van der Waals surface area contributed by atoms with Gasteiger partial charge in [-0.05, 0) is 46.6 Å². The number of aliphatic imine (C=N–C) groups is 1. The molecular weight excluding hydrogens is 426 g/mol. The minimum Gasteiger partial charge on any atom is -0.325 e. The summed E-state index contributed by atoms with van der Waals surface area (Å²) >= 11 is 4.77. The molecule has 0 unspecified atom stereocenters. The van der Waals surface area contributed by atoms with E-state index >= 15 is 0 Å². The van der Waals surface area contributed by atoms with Crippen LogP contribution in [0.1, 0.15) is 19.8 Å². The summed E-state index contributed by atoms with van der Waals surface area (Å²) in [6.45, 7) is 2.62. The van der Waals surface area contributed by atoms with E-state index < -0.39 is 5.25 Å². The number of amidine groups is 1. The third-order valence-corrected chi connectivity index (χ3v) is 5.83. The Morgan fingerprint density at radius 3 is 2.59 bits per heavy atom. The van der Waals surface area contributed by atoms with Gasteiger partial charge in [-0.1, -0.05) is 49.0 Å². The predicted octanol–water partition coefficient (Wildman–Crippen LogP) is 4.82. The van der Waals surface area contributed by atoms with Crippen molar-refractivity contribution in [3.63, 3.8) is 0 Å². The summed E-state index contributed by atoms with van der Waals surface area (Å²) in [5.41, 5.74) is 1.49. The number of nitrogens with zero attached hydrogens (tertiary/aromatic N) is 2. The number of halogens is 1. The molecule has 1 fully saturated rings. The van der Waals surface area contributed by atoms with Crippen LogP contribution in [0.4, 0.5) is 11.4 Å². The number of amides is 2. The van der Waals surface area contributed by atoms with Crippen LogP contribution in [0.15, 0.2) is 64.1 Å². The molecule has 0 aliphatic carbocycles. The lowest BCUT2D eigenvalue weighted by Gasteiger charge is -2.15. The van der Waals surface area contributed by atoms with E-state index in [1.807, 2.05) is 61.5 Å². The minimum atomic E-state index is -0.457. The molecule has 3 rings (SSSR count). The Bertz CT molecular complexity index is 857. The Labute approximate surface area is 171 Å². The second-order valence-electron chi connectivity index (χ2n) is 6.06. The number of para-hydroxylation sites is 2. The molecule has 5 nitrogen and oxygen atoms in total. The van der Waals surface area contributed by atoms with E-state index in [-0.39, 0.29) is 18.2 Å². The Hall–Kier alpha value is -2.12. The van der Waals surface area contributed by atoms with Crippen LogP contribution in [0.5, 0.6) is 0 Å². The number of benzene rings is 2. The third-order valence-electron chi connectivity index (χ3n) is 3.97. The zero-order valence-corrected chi connectivity index (χ0v) is 17.3. The number of nitrogens with one attached hydrogen (secondary N) is 1. The van der Waals surface area contributed by atoms with Crippen LogP contribution in [0.2, 0.25) is 0 Å². The summed E-state index contributed by atoms with van der Waals surface area (Å²) in [6, 6.07) is 16.9. The second-order valence-corrected chi connectivity index (χ2v) is 8.08. The maximum absolute atomic E-state index is 12.8. The van der Waals surface area contributed by atoms with Crippen LogP contribution in [-0.4, -0.2) is 33.7 Å². The molecule has 0 spiro atoms. The number of carbonyl (C=O) groups excluding carboxylic acids is 2. The lowest BCUT2D eigenvalue weighted by atomic mass is 10.2. The van der Waals surface area contributed by atoms with Crippen molar-refractivity contribution in [2.75, 3.05) is 11.9 Å². The summed E-state index contributed by atoms with van der Waals surface area (Å²) in [7, 11) is 0. The fraction of sp³-hybridized carbons (Fsp3) is 0.250. The van der Waals surface area contributed by atoms with Crippen molar-refractivity contribution < 1.29 is 9.59 Å². The monoisotopic (exact) mass is 445 g/mol. The van der Waals surface area contributed by atoms with Crippen molar-refractivity contribution in [3.05, 3.63) is 59.1 Å². The fourth-order valence-corrected chi connectivity index (χ4v) is 4.27. The highest BCUT2D eigenvalue weighted by Gasteiger charge is 2.38. The normalized spacial score (nSPS) is 18.1. The van der Waals surface area contributed by atoms with E-state index in [0.29, 0.717) is 17.4 Å². The average molecular weight is 446 g/mol. The zero-order chi connectivity index (χ0) is 19.2. The first-order valence-electron chi connectivity index (χ1n) is 8.74. The number of carbonyl (C=O) groups is 2. The number of hydrogen-bond acceptors (Lipinski definition) is 4. The van der Waals surface area contributed by atoms with E-state index in [1.54, 1.807) is 4.90 Å². The summed E-state index contributed by atoms with van der Waals surface area (Å²) in [6.07, 6.45) is 0.939. The Kier molecular flexibility index (Phi) is 6.68. The molecule has 0 bridgehead atoms. The Morgan fingerprint density at radius 1 is 1.19 bits per heavy atom. The van der Waals surface area contributed by atoms with Crippen molar-refractivity contribution in [1.29, 1.82) is 0 Å². The lowest BCUT2D eigenvalue weighted by molar-refractivity contribution is -0.128. The van der Waals surface area contributed by atoms with Crippen LogP contribution >= 0.6 is 27.7 Å². The molecule has 7 heteroatoms. The number of thioether (sulfide) groups is 1. The highest BCUT2D eigenvalue weighted by atomic mass is 79.9. The van der Waals surface area contributed by atoms with Crippen LogP contribution in [-0.2, 0) is 9.59 Å². The molecule has 2 aromatic rings. The lowest BCUT2D eigenvalue weighted by Crippen LogP contribution is -2.34. The van der Waals surface area contributed by atoms with Gasteiger partial charge in [0.1, 0.15) is 5.25 Å². The van der Waals surface area contributed by atoms with Gasteiger partial charge in [-0.2, -0.15) is 0 Å². The van der Waals surface area contributed by atoms with E-state index in [4.69, 9.17) is 0 Å². The van der Waals surface area contributed by atoms with Gasteiger partial charge in [0.25, 0.3) is 0 Å². The maximum Gasteiger partial charge on any atom is 0.242 e. The molecule has 2 aromatic carbocycles. The second kappa shape index (κ2) is 9.19. The standard InChI is InChI=1S/C20H20BrN3O2S/c1-2-12-24-19(26)17(27-20(24)22-14-8-4-3-5-9-14)13-18(25)23-16-11-7-6-10-15(16)21/h3-11,17H,2,12-13H2,1H3,(H,23,25)/t17-/m0/s1. The summed E-state index contributed by atoms with van der Waals surface area (Å²) in [5.74, 6) is -0.246. The van der Waals surface area contributed by atoms with Gasteiger partial charge in [-0.25, -0.2) is 4.99 Å². The summed E-state index contributed by atoms with van der Waals surface area (Å²) in [5, 5.41) is 3.06. The molecule has 2 amide bonds. The smallest absolute Gasteiger partial charge is 0.242 e. The first-order chi connectivity index (χ1) is 13.1. The highest BCUT2D eigenvalue weighted by Crippen LogP contribution is 2.32. The zero-order valence-electron chi connectivity index (χ0n) is 14.9. The van der Waals surface area contributed by atoms with Gasteiger partial charge in [0, 0.05) is 17.4 Å². The summed E-state index contributed by atoms with van der Waals surface area (Å²) in [4.78, 5) is 31.5. The van der Waals surface area contributed by atoms with E-state index in [1.165, 1.54) is 11.8 Å². The van der Waals surface area contributed by atoms with Gasteiger partial charge in [0.15, 0.2) is 5.17 Å². The van der Waals surface area contributed by atoms with Gasteiger partial charge in [-0.3, -0.25) is 14.5 Å². The van der Waals surface area contributed by atoms with Gasteiger partial charge in [0.2, 0.25) is 11.8 Å². The quantitative estimate of drug-likeness (QED) is 0.692. The average Bonchev–Trinajstić information content (AvgIpc) is 2.93. The number of hydrogen-bond donors (Lipinski definition) is 1. The van der Waals surface area contributed by atoms with Crippen LogP contribution in [0, 0.1) is 0 Å². The van der Waals surface area contributed by atoms with Crippen LogP contribution in [0.25, 0.3) is 0 Å². The SMILES string of the molecule is CCCN1C(=O)[C@H](CC(=O)Nc2ccccc2Br)SC1=Nc1ccccc1. The molecule has 1 aliphatic rings. The molecule has 1 aliphatic heterocycles. The Balaban J connectivity index is 1.72. The first kappa shape index (κ1) is 19.6. The molecule has 1 atom stereocenters. The van der Waals surface area contributed by atoms with E-state index in [9.17, 15) is 9.59 Å². The minimum absolute atomic E-state index is 0.0567. The fourth-order valence-electron chi connectivity index (χ4n) is 2.70.